The number of aromatic carboxylic acids is 1. The van der Waals surface area contributed by atoms with E-state index in [0.717, 1.165) is 18.7 Å². The molecule has 1 aromatic heterocycles. The largest absolute Gasteiger partial charge is 0.478 e. The second kappa shape index (κ2) is 8.78. The van der Waals surface area contributed by atoms with Crippen LogP contribution in [0.5, 0.6) is 0 Å². The van der Waals surface area contributed by atoms with Gasteiger partial charge >= 0.3 is 5.97 Å². The van der Waals surface area contributed by atoms with E-state index < -0.39 is 5.97 Å². The number of carbonyl (C=O) groups is 1. The second-order valence-electron chi connectivity index (χ2n) is 8.13. The third kappa shape index (κ3) is 4.39. The van der Waals surface area contributed by atoms with Crippen molar-refractivity contribution in [3.05, 3.63) is 83.2 Å². The highest BCUT2D eigenvalue weighted by atomic mass is 16.4. The summed E-state index contributed by atoms with van der Waals surface area (Å²) in [6.07, 6.45) is 4.07. The van der Waals surface area contributed by atoms with Gasteiger partial charge in [0, 0.05) is 37.7 Å². The quantitative estimate of drug-likeness (QED) is 0.617. The molecule has 31 heavy (non-hydrogen) atoms. The lowest BCUT2D eigenvalue weighted by atomic mass is 9.92. The lowest BCUT2D eigenvalue weighted by Gasteiger charge is -2.35. The molecule has 0 saturated heterocycles. The predicted octanol–water partition coefficient (Wildman–Crippen LogP) is 4.50. The summed E-state index contributed by atoms with van der Waals surface area (Å²) in [5.74, 6) is -0.953. The molecule has 6 nitrogen and oxygen atoms in total. The number of aryl methyl sites for hydroxylation is 1. The minimum Gasteiger partial charge on any atom is -0.478 e. The molecule has 0 radical (unpaired) electrons. The number of nitrogens with one attached hydrogen (secondary N) is 1. The van der Waals surface area contributed by atoms with Crippen molar-refractivity contribution in [2.24, 2.45) is 0 Å². The van der Waals surface area contributed by atoms with Gasteiger partial charge in [-0.1, -0.05) is 23.8 Å². The molecule has 1 aliphatic rings. The van der Waals surface area contributed by atoms with Crippen molar-refractivity contribution in [2.75, 3.05) is 37.4 Å². The third-order valence-corrected chi connectivity index (χ3v) is 6.10. The Morgan fingerprint density at radius 3 is 2.68 bits per heavy atom. The Bertz CT molecular complexity index is 1080. The highest BCUT2D eigenvalue weighted by Gasteiger charge is 2.25. The first-order valence-corrected chi connectivity index (χ1v) is 10.5. The average molecular weight is 417 g/mol. The molecule has 0 saturated carbocycles. The smallest absolute Gasteiger partial charge is 0.337 e. The van der Waals surface area contributed by atoms with Crippen molar-refractivity contribution in [3.8, 4) is 0 Å². The van der Waals surface area contributed by atoms with Gasteiger partial charge in [0.2, 0.25) is 0 Å². The van der Waals surface area contributed by atoms with Crippen LogP contribution in [0.2, 0.25) is 0 Å². The van der Waals surface area contributed by atoms with Crippen LogP contribution in [0, 0.1) is 6.92 Å². The Hall–Kier alpha value is -3.38. The van der Waals surface area contributed by atoms with E-state index in [4.69, 9.17) is 0 Å². The van der Waals surface area contributed by atoms with Gasteiger partial charge in [-0.05, 0) is 61.9 Å². The first-order chi connectivity index (χ1) is 14.9. The Morgan fingerprint density at radius 1 is 1.19 bits per heavy atom. The third-order valence-electron chi connectivity index (χ3n) is 6.10. The fraction of sp³-hybridized carbons (Fsp3) is 0.280. The maximum absolute atomic E-state index is 11.5. The van der Waals surface area contributed by atoms with E-state index in [9.17, 15) is 9.90 Å². The van der Waals surface area contributed by atoms with Crippen LogP contribution < -0.4 is 10.2 Å². The van der Waals surface area contributed by atoms with Crippen LogP contribution in [0.3, 0.4) is 0 Å². The van der Waals surface area contributed by atoms with E-state index >= 15 is 0 Å². The summed E-state index contributed by atoms with van der Waals surface area (Å²) in [5, 5.41) is 12.7. The van der Waals surface area contributed by atoms with Crippen LogP contribution in [-0.4, -0.2) is 48.1 Å². The molecular formula is C25H28N4O2. The normalized spacial score (nSPS) is 15.9. The van der Waals surface area contributed by atoms with Gasteiger partial charge in [0.05, 0.1) is 23.5 Å². The van der Waals surface area contributed by atoms with Crippen LogP contribution in [0.15, 0.2) is 60.9 Å². The molecule has 3 aromatic rings. The van der Waals surface area contributed by atoms with Crippen LogP contribution >= 0.6 is 0 Å². The molecule has 0 fully saturated rings. The highest BCUT2D eigenvalue weighted by Crippen LogP contribution is 2.33. The van der Waals surface area contributed by atoms with Crippen LogP contribution in [0.1, 0.15) is 33.1 Å². The number of hydrogen-bond acceptors (Lipinski definition) is 5. The zero-order chi connectivity index (χ0) is 22.0. The molecule has 160 valence electrons. The molecule has 1 atom stereocenters. The number of rotatable bonds is 6. The number of benzene rings is 2. The van der Waals surface area contributed by atoms with Gasteiger partial charge in [0.15, 0.2) is 0 Å². The van der Waals surface area contributed by atoms with Gasteiger partial charge in [-0.3, -0.25) is 9.88 Å². The van der Waals surface area contributed by atoms with Crippen molar-refractivity contribution < 1.29 is 9.90 Å². The summed E-state index contributed by atoms with van der Waals surface area (Å²) in [4.78, 5) is 20.1. The number of carboxylic acid groups (broad SMARTS) is 1. The minimum absolute atomic E-state index is 0.157. The summed E-state index contributed by atoms with van der Waals surface area (Å²) in [6, 6.07) is 16.9. The summed E-state index contributed by atoms with van der Waals surface area (Å²) in [5.41, 5.74) is 6.98. The number of carboxylic acids is 1. The first-order valence-electron chi connectivity index (χ1n) is 10.5. The summed E-state index contributed by atoms with van der Waals surface area (Å²) in [7, 11) is 4.21. The molecular weight excluding hydrogens is 388 g/mol. The SMILES string of the molecule is Cc1ccc(N(C)c2ccc3c(c2)CCN(C)[C@@H]3CNc2cnccc2C(=O)O)cc1. The van der Waals surface area contributed by atoms with E-state index in [0.29, 0.717) is 12.2 Å². The zero-order valence-corrected chi connectivity index (χ0v) is 18.2. The van der Waals surface area contributed by atoms with Crippen molar-refractivity contribution in [3.63, 3.8) is 0 Å². The number of pyridine rings is 1. The van der Waals surface area contributed by atoms with Gasteiger partial charge in [0.25, 0.3) is 0 Å². The van der Waals surface area contributed by atoms with Gasteiger partial charge in [-0.2, -0.15) is 0 Å². The molecule has 2 heterocycles. The number of fused-ring (bicyclic) bond motifs is 1. The van der Waals surface area contributed by atoms with Crippen LogP contribution in [0.25, 0.3) is 0 Å². The summed E-state index contributed by atoms with van der Waals surface area (Å²) in [6.45, 7) is 3.66. The van der Waals surface area contributed by atoms with Crippen molar-refractivity contribution in [1.29, 1.82) is 0 Å². The number of likely N-dealkylation sites (N-methyl/N-ethyl adjacent to an activating group) is 1. The van der Waals surface area contributed by atoms with E-state index in [1.165, 1.54) is 34.6 Å². The zero-order valence-electron chi connectivity index (χ0n) is 18.2. The number of anilines is 3. The van der Waals surface area contributed by atoms with Gasteiger partial charge < -0.3 is 15.3 Å². The minimum atomic E-state index is -0.953. The number of nitrogens with zero attached hydrogens (tertiary/aromatic N) is 3. The van der Waals surface area contributed by atoms with E-state index in [1.54, 1.807) is 6.20 Å². The van der Waals surface area contributed by atoms with Crippen LogP contribution in [0.4, 0.5) is 17.1 Å². The molecule has 4 rings (SSSR count). The predicted molar refractivity (Wildman–Crippen MR) is 124 cm³/mol. The maximum Gasteiger partial charge on any atom is 0.337 e. The summed E-state index contributed by atoms with van der Waals surface area (Å²) < 4.78 is 0. The second-order valence-corrected chi connectivity index (χ2v) is 8.13. The van der Waals surface area contributed by atoms with E-state index in [2.05, 4.69) is 83.6 Å². The Labute approximate surface area is 183 Å². The maximum atomic E-state index is 11.5. The molecule has 0 unspecified atom stereocenters. The lowest BCUT2D eigenvalue weighted by molar-refractivity contribution is 0.0697. The van der Waals surface area contributed by atoms with Gasteiger partial charge in [-0.25, -0.2) is 4.79 Å². The molecule has 2 N–H and O–H groups in total. The Kier molecular flexibility index (Phi) is 5.91. The molecule has 0 aliphatic carbocycles. The molecule has 0 bridgehead atoms. The molecule has 0 spiro atoms. The van der Waals surface area contributed by atoms with Crippen molar-refractivity contribution >= 4 is 23.0 Å². The van der Waals surface area contributed by atoms with E-state index in [-0.39, 0.29) is 11.6 Å². The molecule has 2 aromatic carbocycles. The summed E-state index contributed by atoms with van der Waals surface area (Å²) >= 11 is 0. The molecule has 6 heteroatoms. The Balaban J connectivity index is 1.56. The lowest BCUT2D eigenvalue weighted by Crippen LogP contribution is -2.36. The molecule has 1 aliphatic heterocycles. The Morgan fingerprint density at radius 2 is 1.94 bits per heavy atom. The fourth-order valence-corrected chi connectivity index (χ4v) is 4.14. The average Bonchev–Trinajstić information content (AvgIpc) is 2.78. The van der Waals surface area contributed by atoms with Crippen molar-refractivity contribution in [2.45, 2.75) is 19.4 Å². The topological polar surface area (TPSA) is 68.7 Å². The monoisotopic (exact) mass is 416 g/mol. The highest BCUT2D eigenvalue weighted by molar-refractivity contribution is 5.93. The van der Waals surface area contributed by atoms with Gasteiger partial charge in [-0.15, -0.1) is 0 Å². The number of hydrogen-bond donors (Lipinski definition) is 2. The standard InChI is InChI=1S/C25H28N4O2/c1-17-4-6-19(7-5-17)29(3)20-8-9-21-18(14-20)11-13-28(2)24(21)16-27-23-15-26-12-10-22(23)25(30)31/h4-10,12,14-15,24,27H,11,13,16H2,1-3H3,(H,30,31)/t24-/m1/s1. The molecule has 0 amide bonds. The van der Waals surface area contributed by atoms with Crippen LogP contribution in [-0.2, 0) is 6.42 Å². The van der Waals surface area contributed by atoms with Crippen molar-refractivity contribution in [1.82, 2.24) is 9.88 Å². The fourth-order valence-electron chi connectivity index (χ4n) is 4.14. The first kappa shape index (κ1) is 20.9. The van der Waals surface area contributed by atoms with E-state index in [1.807, 2.05) is 0 Å². The van der Waals surface area contributed by atoms with Gasteiger partial charge in [0.1, 0.15) is 0 Å². The number of aromatic nitrogens is 1.